The number of carbonyl (C=O) groups is 1. The molecule has 0 N–H and O–H groups in total. The van der Waals surface area contributed by atoms with E-state index in [-0.39, 0.29) is 5.91 Å². The van der Waals surface area contributed by atoms with Crippen molar-refractivity contribution >= 4 is 11.7 Å². The lowest BCUT2D eigenvalue weighted by Gasteiger charge is -2.15. The highest BCUT2D eigenvalue weighted by molar-refractivity contribution is 5.91. The predicted molar refractivity (Wildman–Crippen MR) is 75.8 cm³/mol. The second kappa shape index (κ2) is 6.29. The smallest absolute Gasteiger partial charge is 0.273 e. The molecule has 2 aromatic heterocycles. The Morgan fingerprint density at radius 3 is 2.52 bits per heavy atom. The maximum absolute atomic E-state index is 11.7. The number of hydrogen-bond donors (Lipinski definition) is 0. The Kier molecular flexibility index (Phi) is 4.46. The molecule has 8 nitrogen and oxygen atoms in total. The molecule has 0 saturated heterocycles. The molecule has 0 aliphatic carbocycles. The molecule has 0 bridgehead atoms. The van der Waals surface area contributed by atoms with Crippen LogP contribution in [-0.2, 0) is 13.0 Å². The van der Waals surface area contributed by atoms with Crippen molar-refractivity contribution in [3.8, 4) is 0 Å². The summed E-state index contributed by atoms with van der Waals surface area (Å²) in [6, 6.07) is 3.39. The zero-order chi connectivity index (χ0) is 15.4. The number of hydrogen-bond acceptors (Lipinski definition) is 7. The van der Waals surface area contributed by atoms with E-state index in [1.165, 1.54) is 4.90 Å². The highest BCUT2D eigenvalue weighted by atomic mass is 16.5. The van der Waals surface area contributed by atoms with E-state index in [4.69, 9.17) is 4.52 Å². The van der Waals surface area contributed by atoms with Crippen LogP contribution in [-0.4, -0.2) is 52.3 Å². The molecule has 0 aliphatic heterocycles. The molecular formula is C13H18N6O2. The number of carbonyl (C=O) groups excluding carboxylic acids is 1. The lowest BCUT2D eigenvalue weighted by molar-refractivity contribution is 0.0821. The van der Waals surface area contributed by atoms with Gasteiger partial charge in [-0.1, -0.05) is 12.1 Å². The number of nitrogens with zero attached hydrogens (tertiary/aromatic N) is 6. The summed E-state index contributed by atoms with van der Waals surface area (Å²) in [5, 5.41) is 11.9. The molecular weight excluding hydrogens is 272 g/mol. The van der Waals surface area contributed by atoms with E-state index in [0.29, 0.717) is 36.2 Å². The largest absolute Gasteiger partial charge is 0.351 e. The molecule has 0 fully saturated rings. The van der Waals surface area contributed by atoms with Crippen LogP contribution >= 0.6 is 0 Å². The molecule has 0 spiro atoms. The van der Waals surface area contributed by atoms with Crippen molar-refractivity contribution in [2.45, 2.75) is 19.9 Å². The molecule has 1 amide bonds. The predicted octanol–water partition coefficient (Wildman–Crippen LogP) is 0.760. The maximum atomic E-state index is 11.7. The first-order valence-electron chi connectivity index (χ1n) is 6.59. The van der Waals surface area contributed by atoms with E-state index in [1.54, 1.807) is 26.2 Å². The average molecular weight is 290 g/mol. The summed E-state index contributed by atoms with van der Waals surface area (Å²) >= 11 is 0. The van der Waals surface area contributed by atoms with Gasteiger partial charge in [0, 0.05) is 27.6 Å². The Balaban J connectivity index is 2.05. The summed E-state index contributed by atoms with van der Waals surface area (Å²) < 4.78 is 5.05. The minimum absolute atomic E-state index is 0.178. The van der Waals surface area contributed by atoms with Gasteiger partial charge in [0.05, 0.1) is 6.54 Å². The summed E-state index contributed by atoms with van der Waals surface area (Å²) in [4.78, 5) is 19.3. The SMILES string of the molecule is CCc1nc(CN(C)c2ccc(C(=O)N(C)C)nn2)no1. The summed E-state index contributed by atoms with van der Waals surface area (Å²) in [5.41, 5.74) is 0.310. The van der Waals surface area contributed by atoms with Crippen LogP contribution in [0.1, 0.15) is 29.1 Å². The number of amides is 1. The first-order valence-corrected chi connectivity index (χ1v) is 6.59. The van der Waals surface area contributed by atoms with Crippen LogP contribution in [0.5, 0.6) is 0 Å². The normalized spacial score (nSPS) is 10.5. The molecule has 2 rings (SSSR count). The van der Waals surface area contributed by atoms with Gasteiger partial charge in [-0.15, -0.1) is 10.2 Å². The van der Waals surface area contributed by atoms with E-state index in [9.17, 15) is 4.79 Å². The summed E-state index contributed by atoms with van der Waals surface area (Å²) in [5.74, 6) is 1.65. The summed E-state index contributed by atoms with van der Waals surface area (Å²) in [7, 11) is 5.19. The van der Waals surface area contributed by atoms with Gasteiger partial charge in [0.1, 0.15) is 0 Å². The summed E-state index contributed by atoms with van der Waals surface area (Å²) in [6.45, 7) is 2.41. The van der Waals surface area contributed by atoms with Gasteiger partial charge in [0.15, 0.2) is 17.3 Å². The molecule has 0 unspecified atom stereocenters. The fraction of sp³-hybridized carbons (Fsp3) is 0.462. The summed E-state index contributed by atoms with van der Waals surface area (Å²) in [6.07, 6.45) is 0.706. The van der Waals surface area contributed by atoms with E-state index in [1.807, 2.05) is 18.9 Å². The molecule has 2 aromatic rings. The zero-order valence-corrected chi connectivity index (χ0v) is 12.6. The Bertz CT molecular complexity index is 607. The number of rotatable bonds is 5. The van der Waals surface area contributed by atoms with Crippen LogP contribution in [0.2, 0.25) is 0 Å². The number of aryl methyl sites for hydroxylation is 1. The van der Waals surface area contributed by atoms with E-state index in [0.717, 1.165) is 0 Å². The van der Waals surface area contributed by atoms with Crippen LogP contribution in [0.4, 0.5) is 5.82 Å². The molecule has 0 saturated carbocycles. The molecule has 2 heterocycles. The fourth-order valence-corrected chi connectivity index (χ4v) is 1.66. The van der Waals surface area contributed by atoms with Crippen LogP contribution in [0.3, 0.4) is 0 Å². The molecule has 112 valence electrons. The molecule has 21 heavy (non-hydrogen) atoms. The number of anilines is 1. The van der Waals surface area contributed by atoms with Gasteiger partial charge in [-0.05, 0) is 12.1 Å². The average Bonchev–Trinajstić information content (AvgIpc) is 2.94. The Labute approximate surface area is 122 Å². The van der Waals surface area contributed by atoms with Crippen LogP contribution < -0.4 is 4.90 Å². The highest BCUT2D eigenvalue weighted by Crippen LogP contribution is 2.11. The van der Waals surface area contributed by atoms with Gasteiger partial charge < -0.3 is 14.3 Å². The topological polar surface area (TPSA) is 88.3 Å². The Morgan fingerprint density at radius 2 is 2.00 bits per heavy atom. The monoisotopic (exact) mass is 290 g/mol. The molecule has 0 aliphatic rings. The second-order valence-corrected chi connectivity index (χ2v) is 4.79. The first-order chi connectivity index (χ1) is 10.0. The van der Waals surface area contributed by atoms with Crippen molar-refractivity contribution in [2.75, 3.05) is 26.0 Å². The van der Waals surface area contributed by atoms with Crippen molar-refractivity contribution in [1.29, 1.82) is 0 Å². The Morgan fingerprint density at radius 1 is 1.24 bits per heavy atom. The molecule has 8 heteroatoms. The third-order valence-corrected chi connectivity index (χ3v) is 2.86. The lowest BCUT2D eigenvalue weighted by Crippen LogP contribution is -2.24. The van der Waals surface area contributed by atoms with Crippen molar-refractivity contribution in [3.63, 3.8) is 0 Å². The van der Waals surface area contributed by atoms with Gasteiger partial charge >= 0.3 is 0 Å². The van der Waals surface area contributed by atoms with Crippen molar-refractivity contribution in [3.05, 3.63) is 29.5 Å². The minimum atomic E-state index is -0.178. The van der Waals surface area contributed by atoms with Crippen molar-refractivity contribution < 1.29 is 9.32 Å². The number of aromatic nitrogens is 4. The quantitative estimate of drug-likeness (QED) is 0.803. The molecule has 0 radical (unpaired) electrons. The zero-order valence-electron chi connectivity index (χ0n) is 12.6. The van der Waals surface area contributed by atoms with E-state index >= 15 is 0 Å². The third-order valence-electron chi connectivity index (χ3n) is 2.86. The highest BCUT2D eigenvalue weighted by Gasteiger charge is 2.13. The van der Waals surface area contributed by atoms with E-state index in [2.05, 4.69) is 20.3 Å². The van der Waals surface area contributed by atoms with Gasteiger partial charge in [-0.3, -0.25) is 4.79 Å². The first kappa shape index (κ1) is 14.9. The maximum Gasteiger partial charge on any atom is 0.273 e. The molecule has 0 atom stereocenters. The fourth-order valence-electron chi connectivity index (χ4n) is 1.66. The second-order valence-electron chi connectivity index (χ2n) is 4.79. The van der Waals surface area contributed by atoms with Gasteiger partial charge in [0.25, 0.3) is 5.91 Å². The third kappa shape index (κ3) is 3.53. The standard InChI is InChI=1S/C13H18N6O2/c1-5-12-14-10(17-21-12)8-19(4)11-7-6-9(15-16-11)13(20)18(2)3/h6-7H,5,8H2,1-4H3. The Hall–Kier alpha value is -2.51. The van der Waals surface area contributed by atoms with Crippen molar-refractivity contribution in [2.24, 2.45) is 0 Å². The van der Waals surface area contributed by atoms with Gasteiger partial charge in [-0.25, -0.2) is 0 Å². The van der Waals surface area contributed by atoms with Crippen molar-refractivity contribution in [1.82, 2.24) is 25.2 Å². The van der Waals surface area contributed by atoms with Gasteiger partial charge in [0.2, 0.25) is 5.89 Å². The van der Waals surface area contributed by atoms with Crippen LogP contribution in [0.15, 0.2) is 16.7 Å². The minimum Gasteiger partial charge on any atom is -0.351 e. The van der Waals surface area contributed by atoms with Crippen LogP contribution in [0.25, 0.3) is 0 Å². The molecule has 0 aromatic carbocycles. The van der Waals surface area contributed by atoms with E-state index < -0.39 is 0 Å². The lowest BCUT2D eigenvalue weighted by atomic mass is 10.3. The van der Waals surface area contributed by atoms with Crippen LogP contribution in [0, 0.1) is 0 Å². The van der Waals surface area contributed by atoms with Gasteiger partial charge in [-0.2, -0.15) is 4.98 Å².